The topological polar surface area (TPSA) is 95.9 Å². The molecule has 3 aromatic carbocycles. The molecule has 0 radical (unpaired) electrons. The van der Waals surface area contributed by atoms with Crippen molar-refractivity contribution in [3.8, 4) is 11.1 Å². The first-order chi connectivity index (χ1) is 16.3. The van der Waals surface area contributed by atoms with E-state index < -0.39 is 28.2 Å². The van der Waals surface area contributed by atoms with Crippen LogP contribution in [0.3, 0.4) is 0 Å². The van der Waals surface area contributed by atoms with E-state index >= 15 is 0 Å². The first kappa shape index (κ1) is 24.2. The summed E-state index contributed by atoms with van der Waals surface area (Å²) in [5.74, 6) is -0.694. The molecule has 3 aromatic rings. The predicted molar refractivity (Wildman–Crippen MR) is 124 cm³/mol. The number of nitrogens with one attached hydrogen (secondary N) is 1. The van der Waals surface area contributed by atoms with Gasteiger partial charge in [0, 0.05) is 17.1 Å². The largest absolute Gasteiger partial charge is 0.432 e. The lowest BCUT2D eigenvalue weighted by atomic mass is 9.92. The number of hydrogen-bond acceptors (Lipinski definition) is 5. The van der Waals surface area contributed by atoms with Gasteiger partial charge in [0.2, 0.25) is 10.0 Å². The van der Waals surface area contributed by atoms with Gasteiger partial charge in [-0.3, -0.25) is 5.21 Å². The number of nitrogens with zero attached hydrogens (tertiary/aromatic N) is 1. The van der Waals surface area contributed by atoms with E-state index in [0.29, 0.717) is 17.0 Å². The smallest absolute Gasteiger partial charge is 0.423 e. The molecule has 0 spiro atoms. The van der Waals surface area contributed by atoms with Crippen molar-refractivity contribution in [2.45, 2.75) is 30.9 Å². The fourth-order valence-electron chi connectivity index (χ4n) is 4.15. The number of aryl methyl sites for hydroxylation is 1. The molecule has 0 aromatic heterocycles. The number of fused-ring (bicyclic) bond motifs is 1. The van der Waals surface area contributed by atoms with E-state index in [-0.39, 0.29) is 23.4 Å². The zero-order valence-electron chi connectivity index (χ0n) is 18.2. The first-order valence-corrected chi connectivity index (χ1v) is 12.4. The van der Waals surface area contributed by atoms with Crippen molar-refractivity contribution in [1.29, 1.82) is 0 Å². The van der Waals surface area contributed by atoms with Crippen molar-refractivity contribution in [1.82, 2.24) is 9.79 Å². The maximum absolute atomic E-state index is 14.9. The van der Waals surface area contributed by atoms with E-state index in [2.05, 4.69) is 0 Å². The second-order valence-corrected chi connectivity index (χ2v) is 10.0. The molecular weight excluding hydrogens is 483 g/mol. The Hall–Kier alpha value is -2.98. The van der Waals surface area contributed by atoms with E-state index in [9.17, 15) is 17.6 Å². The zero-order valence-corrected chi connectivity index (χ0v) is 19.7. The molecule has 0 aliphatic carbocycles. The number of carbonyl (C=O) groups is 1. The summed E-state index contributed by atoms with van der Waals surface area (Å²) in [7, 11) is -4.19. The van der Waals surface area contributed by atoms with E-state index in [1.54, 1.807) is 30.3 Å². The number of ether oxygens (including phenoxy) is 1. The van der Waals surface area contributed by atoms with E-state index in [4.69, 9.17) is 21.5 Å². The third-order valence-electron chi connectivity index (χ3n) is 5.82. The van der Waals surface area contributed by atoms with Gasteiger partial charge in [-0.25, -0.2) is 23.1 Å². The number of hydrogen-bond donors (Lipinski definition) is 2. The molecule has 7 nitrogen and oxygen atoms in total. The SMILES string of the molecule is CCc1ccc(F)c2c1CCN(S(=O)(=O)c1ccc(-c3ccc(Cl)cc3)cc1)C2OC(=O)NO. The van der Waals surface area contributed by atoms with E-state index in [1.807, 2.05) is 19.1 Å². The van der Waals surface area contributed by atoms with E-state index in [1.165, 1.54) is 23.7 Å². The Bertz CT molecular complexity index is 1310. The molecule has 1 amide bonds. The van der Waals surface area contributed by atoms with Gasteiger partial charge < -0.3 is 4.74 Å². The van der Waals surface area contributed by atoms with Crippen LogP contribution in [0.15, 0.2) is 65.6 Å². The summed E-state index contributed by atoms with van der Waals surface area (Å²) in [6, 6.07) is 16.2. The Balaban J connectivity index is 1.74. The molecule has 1 heterocycles. The quantitative estimate of drug-likeness (QED) is 0.373. The van der Waals surface area contributed by atoms with Gasteiger partial charge in [0.05, 0.1) is 4.90 Å². The molecule has 0 saturated carbocycles. The Kier molecular flexibility index (Phi) is 6.90. The fourth-order valence-corrected chi connectivity index (χ4v) is 5.76. The highest BCUT2D eigenvalue weighted by Gasteiger charge is 2.41. The van der Waals surface area contributed by atoms with Crippen LogP contribution in [0.4, 0.5) is 9.18 Å². The summed E-state index contributed by atoms with van der Waals surface area (Å²) in [6.07, 6.45) is -2.03. The number of benzene rings is 3. The Morgan fingerprint density at radius 2 is 1.74 bits per heavy atom. The lowest BCUT2D eigenvalue weighted by Gasteiger charge is -2.36. The van der Waals surface area contributed by atoms with Crippen LogP contribution in [0, 0.1) is 5.82 Å². The van der Waals surface area contributed by atoms with Gasteiger partial charge in [0.25, 0.3) is 0 Å². The second-order valence-electron chi connectivity index (χ2n) is 7.72. The molecule has 0 bridgehead atoms. The molecule has 34 heavy (non-hydrogen) atoms. The normalized spacial score (nSPS) is 16.1. The molecule has 10 heteroatoms. The average Bonchev–Trinajstić information content (AvgIpc) is 2.84. The third-order valence-corrected chi connectivity index (χ3v) is 7.93. The van der Waals surface area contributed by atoms with Gasteiger partial charge >= 0.3 is 6.09 Å². The van der Waals surface area contributed by atoms with Crippen LogP contribution in [-0.2, 0) is 27.6 Å². The molecule has 1 aliphatic rings. The van der Waals surface area contributed by atoms with Crippen LogP contribution in [0.5, 0.6) is 0 Å². The summed E-state index contributed by atoms with van der Waals surface area (Å²) in [4.78, 5) is 11.8. The number of sulfonamides is 1. The van der Waals surface area contributed by atoms with Crippen molar-refractivity contribution in [3.05, 3.63) is 88.2 Å². The van der Waals surface area contributed by atoms with Gasteiger partial charge in [-0.15, -0.1) is 0 Å². The zero-order chi connectivity index (χ0) is 24.5. The van der Waals surface area contributed by atoms with Crippen molar-refractivity contribution < 1.29 is 27.5 Å². The monoisotopic (exact) mass is 504 g/mol. The van der Waals surface area contributed by atoms with Crippen molar-refractivity contribution in [2.24, 2.45) is 0 Å². The summed E-state index contributed by atoms with van der Waals surface area (Å²) in [5, 5.41) is 9.54. The Labute approximate surface area is 201 Å². The molecule has 0 saturated heterocycles. The highest BCUT2D eigenvalue weighted by Crippen LogP contribution is 2.38. The minimum Gasteiger partial charge on any atom is -0.423 e. The Morgan fingerprint density at radius 3 is 2.32 bits per heavy atom. The highest BCUT2D eigenvalue weighted by atomic mass is 35.5. The molecule has 0 fully saturated rings. The molecule has 1 aliphatic heterocycles. The van der Waals surface area contributed by atoms with Crippen molar-refractivity contribution in [3.63, 3.8) is 0 Å². The number of halogens is 2. The molecular formula is C24H22ClFN2O5S. The van der Waals surface area contributed by atoms with Crippen LogP contribution in [0.2, 0.25) is 5.02 Å². The predicted octanol–water partition coefficient (Wildman–Crippen LogP) is 5.07. The minimum atomic E-state index is -4.19. The number of amides is 1. The molecule has 4 rings (SSSR count). The Morgan fingerprint density at radius 1 is 1.12 bits per heavy atom. The fraction of sp³-hybridized carbons (Fsp3) is 0.208. The van der Waals surface area contributed by atoms with Gasteiger partial charge in [0.15, 0.2) is 6.23 Å². The van der Waals surface area contributed by atoms with E-state index in [0.717, 1.165) is 21.0 Å². The van der Waals surface area contributed by atoms with Gasteiger partial charge in [-0.1, -0.05) is 48.9 Å². The molecule has 1 atom stereocenters. The summed E-state index contributed by atoms with van der Waals surface area (Å²) < 4.78 is 48.1. The summed E-state index contributed by atoms with van der Waals surface area (Å²) in [5.41, 5.74) is 4.36. The lowest BCUT2D eigenvalue weighted by molar-refractivity contribution is 0.000313. The summed E-state index contributed by atoms with van der Waals surface area (Å²) in [6.45, 7) is 1.86. The third kappa shape index (κ3) is 4.52. The van der Waals surface area contributed by atoms with Crippen molar-refractivity contribution in [2.75, 3.05) is 6.54 Å². The van der Waals surface area contributed by atoms with Crippen LogP contribution < -0.4 is 5.48 Å². The first-order valence-electron chi connectivity index (χ1n) is 10.5. The second kappa shape index (κ2) is 9.71. The molecule has 2 N–H and O–H groups in total. The molecule has 1 unspecified atom stereocenters. The highest BCUT2D eigenvalue weighted by molar-refractivity contribution is 7.89. The maximum atomic E-state index is 14.9. The molecule has 178 valence electrons. The number of hydroxylamine groups is 1. The maximum Gasteiger partial charge on any atom is 0.432 e. The minimum absolute atomic E-state index is 0.0319. The van der Waals surface area contributed by atoms with Gasteiger partial charge in [0.1, 0.15) is 5.82 Å². The van der Waals surface area contributed by atoms with Crippen LogP contribution in [0.25, 0.3) is 11.1 Å². The number of rotatable bonds is 5. The number of carbonyl (C=O) groups excluding carboxylic acids is 1. The standard InChI is InChI=1S/C24H22ClFN2O5S/c1-2-15-7-12-21(26)22-20(15)13-14-28(23(22)33-24(29)27-30)34(31,32)19-10-5-17(6-11-19)16-3-8-18(25)9-4-16/h3-12,23,30H,2,13-14H2,1H3,(H,27,29). The average molecular weight is 505 g/mol. The van der Waals surface area contributed by atoms with Gasteiger partial charge in [-0.2, -0.15) is 4.31 Å². The van der Waals surface area contributed by atoms with Gasteiger partial charge in [-0.05, 0) is 65.4 Å². The van der Waals surface area contributed by atoms with Crippen LogP contribution in [0.1, 0.15) is 29.8 Å². The van der Waals surface area contributed by atoms with Crippen molar-refractivity contribution >= 4 is 27.7 Å². The lowest BCUT2D eigenvalue weighted by Crippen LogP contribution is -2.43. The summed E-state index contributed by atoms with van der Waals surface area (Å²) >= 11 is 5.93. The van der Waals surface area contributed by atoms with Crippen LogP contribution in [-0.4, -0.2) is 30.6 Å². The van der Waals surface area contributed by atoms with Crippen LogP contribution >= 0.6 is 11.6 Å².